The van der Waals surface area contributed by atoms with Gasteiger partial charge in [0.05, 0.1) is 0 Å². The minimum Gasteiger partial charge on any atom is -0.326 e. The van der Waals surface area contributed by atoms with E-state index >= 15 is 0 Å². The Hall–Kier alpha value is -2.62. The van der Waals surface area contributed by atoms with E-state index in [1.165, 1.54) is 12.5 Å². The lowest BCUT2D eigenvalue weighted by Crippen LogP contribution is -2.35. The lowest BCUT2D eigenvalue weighted by molar-refractivity contribution is -0.114. The summed E-state index contributed by atoms with van der Waals surface area (Å²) in [6.07, 6.45) is 0.867. The number of carbonyl (C=O) groups excluding carboxylic acids is 2. The third-order valence-electron chi connectivity index (χ3n) is 4.22. The van der Waals surface area contributed by atoms with Crippen molar-refractivity contribution in [2.75, 3.05) is 10.2 Å². The molecule has 1 aliphatic heterocycles. The Morgan fingerprint density at radius 2 is 1.91 bits per heavy atom. The van der Waals surface area contributed by atoms with Gasteiger partial charge < -0.3 is 10.2 Å². The number of fused-ring (bicyclic) bond motifs is 1. The molecule has 1 aliphatic rings. The van der Waals surface area contributed by atoms with Gasteiger partial charge in [-0.15, -0.1) is 0 Å². The zero-order chi connectivity index (χ0) is 16.6. The fraction of sp³-hybridized carbons (Fsp3) is 0.263. The Balaban J connectivity index is 1.96. The maximum atomic E-state index is 13.0. The summed E-state index contributed by atoms with van der Waals surface area (Å²) in [4.78, 5) is 26.1. The first kappa shape index (κ1) is 15.3. The molecule has 1 unspecified atom stereocenters. The normalized spacial score (nSPS) is 16.1. The van der Waals surface area contributed by atoms with Crippen LogP contribution in [-0.2, 0) is 11.2 Å². The zero-order valence-electron chi connectivity index (χ0n) is 13.6. The minimum atomic E-state index is -0.141. The first-order valence-corrected chi connectivity index (χ1v) is 7.77. The summed E-state index contributed by atoms with van der Waals surface area (Å²) >= 11 is 0. The lowest BCUT2D eigenvalue weighted by Gasteiger charge is -2.23. The number of anilines is 2. The minimum absolute atomic E-state index is 0.0333. The maximum Gasteiger partial charge on any atom is 0.258 e. The average molecular weight is 308 g/mol. The van der Waals surface area contributed by atoms with Crippen LogP contribution in [0.15, 0.2) is 42.5 Å². The van der Waals surface area contributed by atoms with E-state index in [1.807, 2.05) is 42.2 Å². The molecule has 0 saturated heterocycles. The molecule has 2 aromatic rings. The van der Waals surface area contributed by atoms with Gasteiger partial charge >= 0.3 is 0 Å². The van der Waals surface area contributed by atoms with E-state index in [2.05, 4.69) is 18.3 Å². The second-order valence-electron chi connectivity index (χ2n) is 6.07. The second kappa shape index (κ2) is 5.88. The molecule has 0 aromatic heterocycles. The number of nitrogens with one attached hydrogen (secondary N) is 1. The summed E-state index contributed by atoms with van der Waals surface area (Å²) in [5, 5.41) is 2.78. The molecule has 0 bridgehead atoms. The van der Waals surface area contributed by atoms with Crippen LogP contribution in [0.25, 0.3) is 0 Å². The van der Waals surface area contributed by atoms with Crippen LogP contribution in [0.2, 0.25) is 0 Å². The highest BCUT2D eigenvalue weighted by Crippen LogP contribution is 2.33. The molecule has 4 heteroatoms. The van der Waals surface area contributed by atoms with Crippen molar-refractivity contribution < 1.29 is 9.59 Å². The van der Waals surface area contributed by atoms with Gasteiger partial charge in [-0.2, -0.15) is 0 Å². The molecule has 0 saturated carbocycles. The Morgan fingerprint density at radius 1 is 1.17 bits per heavy atom. The van der Waals surface area contributed by atoms with Gasteiger partial charge in [-0.1, -0.05) is 24.3 Å². The molecular formula is C19H20N2O2. The first-order chi connectivity index (χ1) is 11.0. The van der Waals surface area contributed by atoms with Crippen molar-refractivity contribution in [3.63, 3.8) is 0 Å². The van der Waals surface area contributed by atoms with Gasteiger partial charge in [0.25, 0.3) is 5.91 Å². The molecule has 1 heterocycles. The van der Waals surface area contributed by atoms with Gasteiger partial charge in [-0.05, 0) is 49.6 Å². The van der Waals surface area contributed by atoms with Crippen molar-refractivity contribution in [2.24, 2.45) is 0 Å². The predicted octanol–water partition coefficient (Wildman–Crippen LogP) is 3.54. The van der Waals surface area contributed by atoms with Crippen LogP contribution < -0.4 is 10.2 Å². The molecule has 3 rings (SSSR count). The molecule has 1 N–H and O–H groups in total. The van der Waals surface area contributed by atoms with Crippen molar-refractivity contribution in [3.05, 3.63) is 59.2 Å². The van der Waals surface area contributed by atoms with Gasteiger partial charge in [-0.25, -0.2) is 0 Å². The largest absolute Gasteiger partial charge is 0.326 e. The molecular weight excluding hydrogens is 288 g/mol. The van der Waals surface area contributed by atoms with E-state index < -0.39 is 0 Å². The van der Waals surface area contributed by atoms with Gasteiger partial charge in [0.2, 0.25) is 5.91 Å². The van der Waals surface area contributed by atoms with Gasteiger partial charge in [0, 0.05) is 29.9 Å². The van der Waals surface area contributed by atoms with E-state index in [9.17, 15) is 9.59 Å². The predicted molar refractivity (Wildman–Crippen MR) is 91.9 cm³/mol. The highest BCUT2D eigenvalue weighted by molar-refractivity contribution is 6.08. The summed E-state index contributed by atoms with van der Waals surface area (Å²) < 4.78 is 0. The van der Waals surface area contributed by atoms with Gasteiger partial charge in [0.15, 0.2) is 0 Å². The number of hydrogen-bond acceptors (Lipinski definition) is 2. The molecule has 2 amide bonds. The summed E-state index contributed by atoms with van der Waals surface area (Å²) in [6.45, 7) is 5.43. The SMILES string of the molecule is CC(=O)Nc1cc(C(=O)N2c3ccccc3CC2C)ccc1C. The zero-order valence-corrected chi connectivity index (χ0v) is 13.6. The summed E-state index contributed by atoms with van der Waals surface area (Å²) in [7, 11) is 0. The third kappa shape index (κ3) is 2.84. The van der Waals surface area contributed by atoms with Crippen molar-refractivity contribution in [1.82, 2.24) is 0 Å². The number of nitrogens with zero attached hydrogens (tertiary/aromatic N) is 1. The average Bonchev–Trinajstić information content (AvgIpc) is 2.84. The van der Waals surface area contributed by atoms with Gasteiger partial charge in [0.1, 0.15) is 0 Å². The maximum absolute atomic E-state index is 13.0. The van der Waals surface area contributed by atoms with Crippen molar-refractivity contribution in [2.45, 2.75) is 33.2 Å². The summed E-state index contributed by atoms with van der Waals surface area (Å²) in [6, 6.07) is 13.6. The second-order valence-corrected chi connectivity index (χ2v) is 6.07. The monoisotopic (exact) mass is 308 g/mol. The Labute approximate surface area is 136 Å². The lowest BCUT2D eigenvalue weighted by atomic mass is 10.1. The molecule has 1 atom stereocenters. The summed E-state index contributed by atoms with van der Waals surface area (Å²) in [5.74, 6) is -0.174. The standard InChI is InChI=1S/C19H20N2O2/c1-12-8-9-16(11-17(12)20-14(3)22)19(23)21-13(2)10-15-6-4-5-7-18(15)21/h4-9,11,13H,10H2,1-3H3,(H,20,22). The molecule has 0 aliphatic carbocycles. The Morgan fingerprint density at radius 3 is 2.65 bits per heavy atom. The fourth-order valence-electron chi connectivity index (χ4n) is 3.09. The van der Waals surface area contributed by atoms with Crippen LogP contribution in [0.5, 0.6) is 0 Å². The molecule has 4 nitrogen and oxygen atoms in total. The van der Waals surface area contributed by atoms with Crippen LogP contribution in [0, 0.1) is 6.92 Å². The van der Waals surface area contributed by atoms with Crippen LogP contribution in [0.4, 0.5) is 11.4 Å². The quantitative estimate of drug-likeness (QED) is 0.922. The molecule has 0 fully saturated rings. The number of benzene rings is 2. The molecule has 0 radical (unpaired) electrons. The Kier molecular flexibility index (Phi) is 3.90. The highest BCUT2D eigenvalue weighted by Gasteiger charge is 2.31. The van der Waals surface area contributed by atoms with Crippen molar-refractivity contribution in [1.29, 1.82) is 0 Å². The van der Waals surface area contributed by atoms with Crippen LogP contribution in [0.3, 0.4) is 0 Å². The number of aryl methyl sites for hydroxylation is 1. The number of amides is 2. The molecule has 2 aromatic carbocycles. The smallest absolute Gasteiger partial charge is 0.258 e. The highest BCUT2D eigenvalue weighted by atomic mass is 16.2. The number of hydrogen-bond donors (Lipinski definition) is 1. The van der Waals surface area contributed by atoms with E-state index in [4.69, 9.17) is 0 Å². The van der Waals surface area contributed by atoms with Gasteiger partial charge in [-0.3, -0.25) is 9.59 Å². The van der Waals surface area contributed by atoms with Crippen LogP contribution in [0.1, 0.15) is 35.3 Å². The van der Waals surface area contributed by atoms with E-state index in [1.54, 1.807) is 6.07 Å². The van der Waals surface area contributed by atoms with Crippen molar-refractivity contribution >= 4 is 23.2 Å². The van der Waals surface area contributed by atoms with E-state index in [0.717, 1.165) is 17.7 Å². The molecule has 0 spiro atoms. The van der Waals surface area contributed by atoms with Crippen LogP contribution in [-0.4, -0.2) is 17.9 Å². The van der Waals surface area contributed by atoms with E-state index in [0.29, 0.717) is 11.3 Å². The summed E-state index contributed by atoms with van der Waals surface area (Å²) in [5.41, 5.74) is 4.38. The van der Waals surface area contributed by atoms with Crippen LogP contribution >= 0.6 is 0 Å². The number of rotatable bonds is 2. The number of carbonyl (C=O) groups is 2. The third-order valence-corrected chi connectivity index (χ3v) is 4.22. The molecule has 118 valence electrons. The van der Waals surface area contributed by atoms with E-state index in [-0.39, 0.29) is 17.9 Å². The first-order valence-electron chi connectivity index (χ1n) is 7.77. The van der Waals surface area contributed by atoms with Crippen molar-refractivity contribution in [3.8, 4) is 0 Å². The topological polar surface area (TPSA) is 49.4 Å². The Bertz CT molecular complexity index is 783. The fourth-order valence-corrected chi connectivity index (χ4v) is 3.09. The number of para-hydroxylation sites is 1. The molecule has 23 heavy (non-hydrogen) atoms.